The molecule has 0 saturated carbocycles. The van der Waals surface area contributed by atoms with E-state index in [9.17, 15) is 0 Å². The fourth-order valence-corrected chi connectivity index (χ4v) is 2.94. The molecule has 0 unspecified atom stereocenters. The van der Waals surface area contributed by atoms with E-state index >= 15 is 0 Å². The van der Waals surface area contributed by atoms with Crippen LogP contribution in [-0.2, 0) is 6.54 Å². The van der Waals surface area contributed by atoms with Gasteiger partial charge in [0.2, 0.25) is 0 Å². The monoisotopic (exact) mass is 390 g/mol. The molecule has 0 aliphatic carbocycles. The van der Waals surface area contributed by atoms with Gasteiger partial charge in [-0.25, -0.2) is 0 Å². The summed E-state index contributed by atoms with van der Waals surface area (Å²) in [4.78, 5) is 0. The van der Waals surface area contributed by atoms with Crippen LogP contribution in [0.2, 0.25) is 10.0 Å². The quantitative estimate of drug-likeness (QED) is 0.588. The highest BCUT2D eigenvalue weighted by atomic mass is 35.5. The van der Waals surface area contributed by atoms with Gasteiger partial charge >= 0.3 is 0 Å². The molecule has 128 valence electrons. The fourth-order valence-electron chi connectivity index (χ4n) is 2.34. The average Bonchev–Trinajstić information content (AvgIpc) is 2.91. The molecule has 0 amide bonds. The van der Waals surface area contributed by atoms with E-state index in [0.717, 1.165) is 16.8 Å². The van der Waals surface area contributed by atoms with Crippen molar-refractivity contribution >= 4 is 52.0 Å². The van der Waals surface area contributed by atoms with Gasteiger partial charge in [-0.15, -0.1) is 0 Å². The molecule has 3 rings (SSSR count). The third-order valence-corrected chi connectivity index (χ3v) is 4.48. The Morgan fingerprint density at radius 1 is 1.04 bits per heavy atom. The maximum Gasteiger partial charge on any atom is 0.176 e. The first-order valence-corrected chi connectivity index (χ1v) is 8.79. The Kier molecular flexibility index (Phi) is 5.58. The van der Waals surface area contributed by atoms with Crippen LogP contribution in [0, 0.1) is 6.92 Å². The zero-order valence-electron chi connectivity index (χ0n) is 13.5. The van der Waals surface area contributed by atoms with E-state index in [1.54, 1.807) is 10.9 Å². The molecule has 0 aliphatic rings. The second-order valence-electron chi connectivity index (χ2n) is 5.51. The number of para-hydroxylation sites is 1. The number of thiocarbonyl (C=S) groups is 1. The van der Waals surface area contributed by atoms with Gasteiger partial charge in [0.15, 0.2) is 10.9 Å². The Bertz CT molecular complexity index is 908. The van der Waals surface area contributed by atoms with E-state index in [2.05, 4.69) is 15.7 Å². The van der Waals surface area contributed by atoms with Gasteiger partial charge in [-0.2, -0.15) is 5.10 Å². The molecule has 25 heavy (non-hydrogen) atoms. The lowest BCUT2D eigenvalue weighted by molar-refractivity contribution is 0.690. The zero-order valence-corrected chi connectivity index (χ0v) is 15.8. The van der Waals surface area contributed by atoms with Crippen molar-refractivity contribution in [2.75, 3.05) is 10.6 Å². The molecular formula is C18H16Cl2N4S. The second-order valence-corrected chi connectivity index (χ2v) is 6.73. The van der Waals surface area contributed by atoms with Crippen molar-refractivity contribution in [1.82, 2.24) is 9.78 Å². The van der Waals surface area contributed by atoms with Crippen molar-refractivity contribution in [1.29, 1.82) is 0 Å². The Labute approximate surface area is 161 Å². The summed E-state index contributed by atoms with van der Waals surface area (Å²) in [6, 6.07) is 15.5. The van der Waals surface area contributed by atoms with Gasteiger partial charge in [-0.05, 0) is 42.4 Å². The van der Waals surface area contributed by atoms with Crippen molar-refractivity contribution in [2.45, 2.75) is 13.5 Å². The number of anilines is 2. The van der Waals surface area contributed by atoms with Crippen molar-refractivity contribution in [2.24, 2.45) is 0 Å². The number of aryl methyl sites for hydroxylation is 1. The van der Waals surface area contributed by atoms with Crippen LogP contribution in [0.5, 0.6) is 0 Å². The van der Waals surface area contributed by atoms with Gasteiger partial charge in [-0.3, -0.25) is 4.68 Å². The summed E-state index contributed by atoms with van der Waals surface area (Å²) in [5.74, 6) is 0.500. The molecule has 3 aromatic rings. The van der Waals surface area contributed by atoms with Gasteiger partial charge in [-0.1, -0.05) is 59.6 Å². The highest BCUT2D eigenvalue weighted by molar-refractivity contribution is 7.80. The topological polar surface area (TPSA) is 41.9 Å². The summed E-state index contributed by atoms with van der Waals surface area (Å²) in [6.07, 6.45) is 1.74. The smallest absolute Gasteiger partial charge is 0.176 e. The molecule has 1 heterocycles. The van der Waals surface area contributed by atoms with Crippen LogP contribution in [-0.4, -0.2) is 14.9 Å². The number of rotatable bonds is 4. The minimum atomic E-state index is 0.430. The molecule has 2 aromatic carbocycles. The third-order valence-electron chi connectivity index (χ3n) is 3.63. The highest BCUT2D eigenvalue weighted by Gasteiger charge is 2.10. The first-order valence-electron chi connectivity index (χ1n) is 7.63. The van der Waals surface area contributed by atoms with E-state index in [0.29, 0.717) is 27.5 Å². The minimum Gasteiger partial charge on any atom is -0.332 e. The van der Waals surface area contributed by atoms with Gasteiger partial charge < -0.3 is 10.6 Å². The van der Waals surface area contributed by atoms with Crippen LogP contribution in [0.1, 0.15) is 11.1 Å². The van der Waals surface area contributed by atoms with Crippen molar-refractivity contribution < 1.29 is 0 Å². The van der Waals surface area contributed by atoms with Crippen molar-refractivity contribution in [3.8, 4) is 0 Å². The Balaban J connectivity index is 1.69. The minimum absolute atomic E-state index is 0.430. The van der Waals surface area contributed by atoms with Crippen LogP contribution in [0.25, 0.3) is 0 Å². The lowest BCUT2D eigenvalue weighted by atomic mass is 10.2. The summed E-state index contributed by atoms with van der Waals surface area (Å²) >= 11 is 17.8. The first-order chi connectivity index (χ1) is 12.0. The second kappa shape index (κ2) is 7.87. The average molecular weight is 391 g/mol. The van der Waals surface area contributed by atoms with Crippen LogP contribution >= 0.6 is 35.4 Å². The normalized spacial score (nSPS) is 10.5. The summed E-state index contributed by atoms with van der Waals surface area (Å²) in [5.41, 5.74) is 3.00. The maximum absolute atomic E-state index is 6.26. The number of benzene rings is 2. The molecule has 2 N–H and O–H groups in total. The van der Waals surface area contributed by atoms with Crippen LogP contribution < -0.4 is 10.6 Å². The lowest BCUT2D eigenvalue weighted by Gasteiger charge is -2.11. The fraction of sp³-hybridized carbons (Fsp3) is 0.111. The number of nitrogens with zero attached hydrogens (tertiary/aromatic N) is 2. The summed E-state index contributed by atoms with van der Waals surface area (Å²) < 4.78 is 1.72. The standard InChI is InChI=1S/C18H16Cl2N4S/c1-12-6-2-5-9-16(12)21-18(25)22-17-15(20)11-24(23-17)10-13-7-3-4-8-14(13)19/h2-9,11H,10H2,1H3,(H2,21,22,23,25). The van der Waals surface area contributed by atoms with E-state index < -0.39 is 0 Å². The van der Waals surface area contributed by atoms with E-state index in [1.165, 1.54) is 0 Å². The Morgan fingerprint density at radius 3 is 2.52 bits per heavy atom. The summed E-state index contributed by atoms with van der Waals surface area (Å²) in [6.45, 7) is 2.54. The van der Waals surface area contributed by atoms with Gasteiger partial charge in [0.05, 0.1) is 6.54 Å². The third kappa shape index (κ3) is 4.51. The van der Waals surface area contributed by atoms with Crippen molar-refractivity contribution in [3.05, 3.63) is 75.9 Å². The molecule has 0 fully saturated rings. The Hall–Kier alpha value is -2.08. The molecule has 0 aliphatic heterocycles. The molecule has 0 radical (unpaired) electrons. The van der Waals surface area contributed by atoms with Crippen molar-refractivity contribution in [3.63, 3.8) is 0 Å². The summed E-state index contributed by atoms with van der Waals surface area (Å²) in [5, 5.41) is 12.2. The van der Waals surface area contributed by atoms with Crippen LogP contribution in [0.15, 0.2) is 54.7 Å². The highest BCUT2D eigenvalue weighted by Crippen LogP contribution is 2.22. The van der Waals surface area contributed by atoms with Crippen LogP contribution in [0.4, 0.5) is 11.5 Å². The lowest BCUT2D eigenvalue weighted by Crippen LogP contribution is -2.20. The number of nitrogens with one attached hydrogen (secondary N) is 2. The predicted molar refractivity (Wildman–Crippen MR) is 109 cm³/mol. The number of aromatic nitrogens is 2. The Morgan fingerprint density at radius 2 is 1.76 bits per heavy atom. The van der Waals surface area contributed by atoms with E-state index in [1.807, 2.05) is 55.5 Å². The molecular weight excluding hydrogens is 375 g/mol. The predicted octanol–water partition coefficient (Wildman–Crippen LogP) is 5.36. The van der Waals surface area contributed by atoms with Gasteiger partial charge in [0.1, 0.15) is 5.02 Å². The molecule has 0 spiro atoms. The van der Waals surface area contributed by atoms with E-state index in [4.69, 9.17) is 35.4 Å². The van der Waals surface area contributed by atoms with Crippen LogP contribution in [0.3, 0.4) is 0 Å². The summed E-state index contributed by atoms with van der Waals surface area (Å²) in [7, 11) is 0. The SMILES string of the molecule is Cc1ccccc1NC(=S)Nc1nn(Cc2ccccc2Cl)cc1Cl. The molecule has 0 bridgehead atoms. The van der Waals surface area contributed by atoms with Gasteiger partial charge in [0, 0.05) is 16.9 Å². The number of hydrogen-bond acceptors (Lipinski definition) is 2. The van der Waals surface area contributed by atoms with E-state index in [-0.39, 0.29) is 0 Å². The maximum atomic E-state index is 6.26. The first kappa shape index (κ1) is 17.7. The largest absolute Gasteiger partial charge is 0.332 e. The number of halogens is 2. The zero-order chi connectivity index (χ0) is 17.8. The van der Waals surface area contributed by atoms with Gasteiger partial charge in [0.25, 0.3) is 0 Å². The molecule has 4 nitrogen and oxygen atoms in total. The number of hydrogen-bond donors (Lipinski definition) is 2. The molecule has 7 heteroatoms. The molecule has 0 saturated heterocycles. The molecule has 1 aromatic heterocycles. The molecule has 0 atom stereocenters.